The number of non-ortho nitro benzene ring substituents is 1. The van der Waals surface area contributed by atoms with Gasteiger partial charge < -0.3 is 38.5 Å². The number of benzene rings is 2. The van der Waals surface area contributed by atoms with E-state index >= 15 is 0 Å². The standard InChI is InChI=1S/C26H36N2O10/c29-26(38-22-23-4-2-1-3-5-23)27-10-11-32-12-13-33-14-15-34-16-17-35-18-19-36-20-21-37-25-8-6-24(7-9-25)28(30)31/h1-9H,10-22H2,(H,27,29). The van der Waals surface area contributed by atoms with Crippen LogP contribution in [0.4, 0.5) is 10.5 Å². The summed E-state index contributed by atoms with van der Waals surface area (Å²) in [6.45, 7) is 5.21. The number of nitrogens with one attached hydrogen (secondary N) is 1. The van der Waals surface area contributed by atoms with Crippen LogP contribution in [0.25, 0.3) is 0 Å². The van der Waals surface area contributed by atoms with Gasteiger partial charge in [0.2, 0.25) is 0 Å². The summed E-state index contributed by atoms with van der Waals surface area (Å²) >= 11 is 0. The molecule has 0 bridgehead atoms. The summed E-state index contributed by atoms with van der Waals surface area (Å²) < 4.78 is 37.6. The number of carbonyl (C=O) groups excluding carboxylic acids is 1. The number of hydrogen-bond donors (Lipinski definition) is 1. The molecule has 0 fully saturated rings. The molecule has 0 aromatic heterocycles. The monoisotopic (exact) mass is 536 g/mol. The summed E-state index contributed by atoms with van der Waals surface area (Å²) in [6.07, 6.45) is -0.478. The summed E-state index contributed by atoms with van der Waals surface area (Å²) in [6, 6.07) is 15.4. The van der Waals surface area contributed by atoms with Crippen LogP contribution in [-0.2, 0) is 35.0 Å². The van der Waals surface area contributed by atoms with E-state index in [2.05, 4.69) is 5.32 Å². The van der Waals surface area contributed by atoms with E-state index in [1.54, 1.807) is 12.1 Å². The van der Waals surface area contributed by atoms with E-state index in [1.807, 2.05) is 30.3 Å². The topological polar surface area (TPSA) is 137 Å². The van der Waals surface area contributed by atoms with E-state index < -0.39 is 11.0 Å². The third kappa shape index (κ3) is 15.7. The molecule has 0 aliphatic carbocycles. The van der Waals surface area contributed by atoms with Crippen molar-refractivity contribution in [3.63, 3.8) is 0 Å². The zero-order valence-corrected chi connectivity index (χ0v) is 21.4. The maximum absolute atomic E-state index is 11.6. The Kier molecular flexibility index (Phi) is 16.9. The minimum atomic E-state index is -0.478. The SMILES string of the molecule is O=C(NCCOCCOCCOCCOCCOCCOc1ccc([N+](=O)[O-])cc1)OCc1ccccc1. The van der Waals surface area contributed by atoms with Crippen molar-refractivity contribution in [2.45, 2.75) is 6.61 Å². The molecule has 2 aromatic rings. The van der Waals surface area contributed by atoms with E-state index in [0.717, 1.165) is 5.56 Å². The Balaban J connectivity index is 1.25. The highest BCUT2D eigenvalue weighted by molar-refractivity contribution is 5.67. The zero-order valence-electron chi connectivity index (χ0n) is 21.4. The first-order valence-corrected chi connectivity index (χ1v) is 12.4. The highest BCUT2D eigenvalue weighted by Gasteiger charge is 2.04. The first-order chi connectivity index (χ1) is 18.6. The Morgan fingerprint density at radius 2 is 1.18 bits per heavy atom. The average Bonchev–Trinajstić information content (AvgIpc) is 2.94. The largest absolute Gasteiger partial charge is 0.491 e. The van der Waals surface area contributed by atoms with Gasteiger partial charge in [-0.3, -0.25) is 10.1 Å². The lowest BCUT2D eigenvalue weighted by Gasteiger charge is -2.09. The minimum absolute atomic E-state index is 0.0222. The first-order valence-electron chi connectivity index (χ1n) is 12.4. The third-order valence-corrected chi connectivity index (χ3v) is 4.76. The zero-order chi connectivity index (χ0) is 27.1. The lowest BCUT2D eigenvalue weighted by Crippen LogP contribution is -2.28. The molecule has 0 saturated heterocycles. The van der Waals surface area contributed by atoms with Gasteiger partial charge in [0.15, 0.2) is 0 Å². The molecule has 12 nitrogen and oxygen atoms in total. The maximum atomic E-state index is 11.6. The molecule has 2 rings (SSSR count). The Bertz CT molecular complexity index is 883. The molecular weight excluding hydrogens is 500 g/mol. The second kappa shape index (κ2) is 20.7. The van der Waals surface area contributed by atoms with Gasteiger partial charge in [-0.1, -0.05) is 30.3 Å². The maximum Gasteiger partial charge on any atom is 0.407 e. The summed E-state index contributed by atoms with van der Waals surface area (Å²) in [5, 5.41) is 13.2. The van der Waals surface area contributed by atoms with Crippen LogP contribution in [0.1, 0.15) is 5.56 Å². The van der Waals surface area contributed by atoms with Gasteiger partial charge in [-0.15, -0.1) is 0 Å². The van der Waals surface area contributed by atoms with Gasteiger partial charge >= 0.3 is 6.09 Å². The Morgan fingerprint density at radius 1 is 0.684 bits per heavy atom. The average molecular weight is 537 g/mol. The molecule has 0 saturated carbocycles. The molecule has 0 atom stereocenters. The third-order valence-electron chi connectivity index (χ3n) is 4.76. The second-order valence-corrected chi connectivity index (χ2v) is 7.65. The number of carbonyl (C=O) groups is 1. The van der Waals surface area contributed by atoms with Crippen molar-refractivity contribution in [1.82, 2.24) is 5.32 Å². The lowest BCUT2D eigenvalue weighted by atomic mass is 10.2. The fraction of sp³-hybridized carbons (Fsp3) is 0.500. The smallest absolute Gasteiger partial charge is 0.407 e. The number of alkyl carbamates (subject to hydrolysis) is 1. The summed E-state index contributed by atoms with van der Waals surface area (Å²) in [4.78, 5) is 21.7. The van der Waals surface area contributed by atoms with E-state index in [0.29, 0.717) is 85.0 Å². The van der Waals surface area contributed by atoms with Crippen LogP contribution >= 0.6 is 0 Å². The summed E-state index contributed by atoms with van der Waals surface area (Å²) in [7, 11) is 0. The molecule has 12 heteroatoms. The van der Waals surface area contributed by atoms with Crippen molar-refractivity contribution in [1.29, 1.82) is 0 Å². The van der Waals surface area contributed by atoms with Crippen molar-refractivity contribution in [3.8, 4) is 5.75 Å². The fourth-order valence-corrected chi connectivity index (χ4v) is 2.86. The molecule has 0 spiro atoms. The van der Waals surface area contributed by atoms with Gasteiger partial charge in [0.25, 0.3) is 5.69 Å². The number of rotatable bonds is 22. The predicted molar refractivity (Wildman–Crippen MR) is 137 cm³/mol. The Hall–Kier alpha value is -3.29. The molecule has 0 radical (unpaired) electrons. The van der Waals surface area contributed by atoms with Crippen LogP contribution in [0.2, 0.25) is 0 Å². The molecule has 0 aliphatic rings. The normalized spacial score (nSPS) is 10.7. The highest BCUT2D eigenvalue weighted by atomic mass is 16.6. The van der Waals surface area contributed by atoms with Crippen molar-refractivity contribution in [3.05, 3.63) is 70.3 Å². The predicted octanol–water partition coefficient (Wildman–Crippen LogP) is 2.98. The van der Waals surface area contributed by atoms with Gasteiger partial charge in [-0.05, 0) is 17.7 Å². The van der Waals surface area contributed by atoms with Crippen LogP contribution < -0.4 is 10.1 Å². The van der Waals surface area contributed by atoms with Gasteiger partial charge in [-0.25, -0.2) is 4.79 Å². The van der Waals surface area contributed by atoms with E-state index in [-0.39, 0.29) is 12.3 Å². The highest BCUT2D eigenvalue weighted by Crippen LogP contribution is 2.17. The number of nitro groups is 1. The summed E-state index contributed by atoms with van der Waals surface area (Å²) in [5.41, 5.74) is 0.953. The molecule has 1 amide bonds. The van der Waals surface area contributed by atoms with Crippen LogP contribution in [-0.4, -0.2) is 90.2 Å². The van der Waals surface area contributed by atoms with Gasteiger partial charge in [-0.2, -0.15) is 0 Å². The Morgan fingerprint density at radius 3 is 1.71 bits per heavy atom. The molecule has 2 aromatic carbocycles. The summed E-state index contributed by atoms with van der Waals surface area (Å²) in [5.74, 6) is 0.551. The van der Waals surface area contributed by atoms with Crippen LogP contribution in [0.3, 0.4) is 0 Å². The lowest BCUT2D eigenvalue weighted by molar-refractivity contribution is -0.384. The molecular formula is C26H36N2O10. The Labute approximate surface area is 222 Å². The molecule has 210 valence electrons. The minimum Gasteiger partial charge on any atom is -0.491 e. The van der Waals surface area contributed by atoms with Gasteiger partial charge in [0.1, 0.15) is 19.0 Å². The van der Waals surface area contributed by atoms with Gasteiger partial charge in [0, 0.05) is 18.7 Å². The molecule has 38 heavy (non-hydrogen) atoms. The quantitative estimate of drug-likeness (QED) is 0.136. The fourth-order valence-electron chi connectivity index (χ4n) is 2.86. The number of hydrogen-bond acceptors (Lipinski definition) is 10. The van der Waals surface area contributed by atoms with E-state index in [9.17, 15) is 14.9 Å². The number of nitrogens with zero attached hydrogens (tertiary/aromatic N) is 1. The van der Waals surface area contributed by atoms with Crippen LogP contribution in [0.5, 0.6) is 5.75 Å². The van der Waals surface area contributed by atoms with Crippen LogP contribution in [0, 0.1) is 10.1 Å². The second-order valence-electron chi connectivity index (χ2n) is 7.65. The number of nitro benzene ring substituents is 1. The van der Waals surface area contributed by atoms with Crippen molar-refractivity contribution >= 4 is 11.8 Å². The van der Waals surface area contributed by atoms with Gasteiger partial charge in [0.05, 0.1) is 71.0 Å². The molecule has 0 heterocycles. The van der Waals surface area contributed by atoms with Crippen LogP contribution in [0.15, 0.2) is 54.6 Å². The van der Waals surface area contributed by atoms with Crippen molar-refractivity contribution in [2.75, 3.05) is 79.2 Å². The number of ether oxygens (including phenoxy) is 7. The molecule has 0 aliphatic heterocycles. The molecule has 1 N–H and O–H groups in total. The first kappa shape index (κ1) is 30.9. The van der Waals surface area contributed by atoms with Crippen molar-refractivity contribution < 1.29 is 42.9 Å². The molecule has 0 unspecified atom stereocenters. The van der Waals surface area contributed by atoms with E-state index in [1.165, 1.54) is 12.1 Å². The van der Waals surface area contributed by atoms with Crippen molar-refractivity contribution in [2.24, 2.45) is 0 Å². The van der Waals surface area contributed by atoms with E-state index in [4.69, 9.17) is 33.2 Å². The number of amides is 1.